The Morgan fingerprint density at radius 2 is 1.90 bits per heavy atom. The molecule has 0 radical (unpaired) electrons. The van der Waals surface area contributed by atoms with Crippen molar-refractivity contribution in [3.05, 3.63) is 60.8 Å². The van der Waals surface area contributed by atoms with Crippen molar-refractivity contribution in [2.75, 3.05) is 25.5 Å². The van der Waals surface area contributed by atoms with Crippen LogP contribution in [0, 0.1) is 0 Å². The third-order valence-corrected chi connectivity index (χ3v) is 5.16. The molecule has 1 saturated heterocycles. The van der Waals surface area contributed by atoms with E-state index in [1.165, 1.54) is 0 Å². The second-order valence-electron chi connectivity index (χ2n) is 7.69. The molecule has 4 aromatic heterocycles. The van der Waals surface area contributed by atoms with Gasteiger partial charge in [0, 0.05) is 67.5 Å². The van der Waals surface area contributed by atoms with Gasteiger partial charge in [-0.25, -0.2) is 9.97 Å². The number of hydrogen-bond donors (Lipinski definition) is 1. The highest BCUT2D eigenvalue weighted by molar-refractivity contribution is 6.04. The van der Waals surface area contributed by atoms with Gasteiger partial charge in [-0.15, -0.1) is 0 Å². The summed E-state index contributed by atoms with van der Waals surface area (Å²) in [5, 5.41) is 8.85. The summed E-state index contributed by atoms with van der Waals surface area (Å²) in [4.78, 5) is 27.9. The Kier molecular flexibility index (Phi) is 4.79. The number of nitrogens with one attached hydrogen (secondary N) is 1. The number of aromatic nitrogens is 5. The standard InChI is InChI=1S/C22H21N7O2/c1-28-12-18(13-28)31-21-7-14(3-4-23-21)22(30)27-20-6-15-5-19(17-10-26-29(2)11-17)24-8-16(15)9-25-20/h3-11,18H,12-13H2,1-2H3,(H,25,27,30). The Hall–Kier alpha value is -3.85. The minimum Gasteiger partial charge on any atom is -0.472 e. The molecule has 1 fully saturated rings. The first-order chi connectivity index (χ1) is 15.0. The molecule has 0 aromatic carbocycles. The summed E-state index contributed by atoms with van der Waals surface area (Å²) in [6, 6.07) is 7.09. The van der Waals surface area contributed by atoms with Crippen LogP contribution in [0.5, 0.6) is 5.88 Å². The number of fused-ring (bicyclic) bond motifs is 1. The Balaban J connectivity index is 1.34. The summed E-state index contributed by atoms with van der Waals surface area (Å²) in [7, 11) is 3.89. The summed E-state index contributed by atoms with van der Waals surface area (Å²) < 4.78 is 7.55. The van der Waals surface area contributed by atoms with Crippen LogP contribution < -0.4 is 10.1 Å². The van der Waals surface area contributed by atoms with E-state index in [2.05, 4.69) is 30.3 Å². The smallest absolute Gasteiger partial charge is 0.257 e. The molecule has 9 heteroatoms. The zero-order chi connectivity index (χ0) is 21.4. The normalized spacial score (nSPS) is 14.4. The van der Waals surface area contributed by atoms with Gasteiger partial charge in [0.05, 0.1) is 11.9 Å². The fraction of sp³-hybridized carbons (Fsp3) is 0.227. The van der Waals surface area contributed by atoms with E-state index in [0.29, 0.717) is 17.3 Å². The number of anilines is 1. The SMILES string of the molecule is CN1CC(Oc2cc(C(=O)Nc3cc4cc(-c5cnn(C)c5)ncc4cn3)ccn2)C1. The maximum Gasteiger partial charge on any atom is 0.257 e. The fourth-order valence-electron chi connectivity index (χ4n) is 3.51. The van der Waals surface area contributed by atoms with Gasteiger partial charge in [0.1, 0.15) is 11.9 Å². The minimum absolute atomic E-state index is 0.112. The van der Waals surface area contributed by atoms with Crippen molar-refractivity contribution >= 4 is 22.5 Å². The van der Waals surface area contributed by atoms with Gasteiger partial charge in [-0.05, 0) is 30.6 Å². The molecule has 0 saturated carbocycles. The van der Waals surface area contributed by atoms with Crippen LogP contribution in [-0.2, 0) is 7.05 Å². The van der Waals surface area contributed by atoms with Crippen molar-refractivity contribution in [1.82, 2.24) is 29.6 Å². The number of pyridine rings is 3. The van der Waals surface area contributed by atoms with E-state index in [4.69, 9.17) is 4.74 Å². The number of amides is 1. The largest absolute Gasteiger partial charge is 0.472 e. The number of aryl methyl sites for hydroxylation is 1. The maximum atomic E-state index is 12.7. The van der Waals surface area contributed by atoms with Crippen molar-refractivity contribution in [1.29, 1.82) is 0 Å². The molecule has 0 atom stereocenters. The van der Waals surface area contributed by atoms with E-state index in [9.17, 15) is 4.79 Å². The lowest BCUT2D eigenvalue weighted by Gasteiger charge is -2.35. The highest BCUT2D eigenvalue weighted by Crippen LogP contribution is 2.23. The topological polar surface area (TPSA) is 98.1 Å². The van der Waals surface area contributed by atoms with Crippen molar-refractivity contribution in [2.24, 2.45) is 7.05 Å². The molecular formula is C22H21N7O2. The molecule has 0 unspecified atom stereocenters. The number of carbonyl (C=O) groups excluding carboxylic acids is 1. The maximum absolute atomic E-state index is 12.7. The first-order valence-corrected chi connectivity index (χ1v) is 9.91. The van der Waals surface area contributed by atoms with Crippen LogP contribution in [0.1, 0.15) is 10.4 Å². The number of likely N-dealkylation sites (N-methyl/N-ethyl adjacent to an activating group) is 1. The van der Waals surface area contributed by atoms with Crippen molar-refractivity contribution < 1.29 is 9.53 Å². The van der Waals surface area contributed by atoms with Crippen molar-refractivity contribution in [3.63, 3.8) is 0 Å². The monoisotopic (exact) mass is 415 g/mol. The van der Waals surface area contributed by atoms with E-state index in [1.807, 2.05) is 32.4 Å². The molecule has 1 aliphatic rings. The number of ether oxygens (including phenoxy) is 1. The van der Waals surface area contributed by atoms with Crippen LogP contribution in [-0.4, -0.2) is 61.8 Å². The summed E-state index contributed by atoms with van der Waals surface area (Å²) in [5.74, 6) is 0.636. The number of nitrogens with zero attached hydrogens (tertiary/aromatic N) is 6. The summed E-state index contributed by atoms with van der Waals surface area (Å²) in [5.41, 5.74) is 2.20. The first kappa shape index (κ1) is 19.1. The van der Waals surface area contributed by atoms with E-state index in [-0.39, 0.29) is 12.0 Å². The third kappa shape index (κ3) is 4.08. The van der Waals surface area contributed by atoms with Gasteiger partial charge < -0.3 is 10.1 Å². The van der Waals surface area contributed by atoms with Gasteiger partial charge in [-0.1, -0.05) is 0 Å². The molecule has 4 aromatic rings. The molecule has 156 valence electrons. The van der Waals surface area contributed by atoms with Crippen molar-refractivity contribution in [3.8, 4) is 17.1 Å². The highest BCUT2D eigenvalue weighted by Gasteiger charge is 2.25. The van der Waals surface area contributed by atoms with Gasteiger partial charge in [-0.3, -0.25) is 19.4 Å². The number of hydrogen-bond acceptors (Lipinski definition) is 7. The summed E-state index contributed by atoms with van der Waals surface area (Å²) in [6.07, 6.45) is 8.82. The van der Waals surface area contributed by atoms with E-state index in [1.54, 1.807) is 41.6 Å². The number of likely N-dealkylation sites (tertiary alicyclic amines) is 1. The molecule has 5 heterocycles. The zero-order valence-electron chi connectivity index (χ0n) is 17.2. The Bertz CT molecular complexity index is 1260. The predicted molar refractivity (Wildman–Crippen MR) is 116 cm³/mol. The average Bonchev–Trinajstić information content (AvgIpc) is 3.19. The van der Waals surface area contributed by atoms with Gasteiger partial charge in [0.2, 0.25) is 5.88 Å². The van der Waals surface area contributed by atoms with E-state index in [0.717, 1.165) is 35.1 Å². The number of rotatable bonds is 5. The quantitative estimate of drug-likeness (QED) is 0.534. The van der Waals surface area contributed by atoms with E-state index < -0.39 is 0 Å². The van der Waals surface area contributed by atoms with Gasteiger partial charge in [0.25, 0.3) is 5.91 Å². The van der Waals surface area contributed by atoms with Crippen LogP contribution in [0.3, 0.4) is 0 Å². The molecule has 1 N–H and O–H groups in total. The van der Waals surface area contributed by atoms with E-state index >= 15 is 0 Å². The molecule has 0 spiro atoms. The third-order valence-electron chi connectivity index (χ3n) is 5.16. The molecule has 1 amide bonds. The summed E-state index contributed by atoms with van der Waals surface area (Å²) in [6.45, 7) is 1.71. The van der Waals surface area contributed by atoms with Crippen LogP contribution in [0.15, 0.2) is 55.2 Å². The van der Waals surface area contributed by atoms with Crippen LogP contribution in [0.2, 0.25) is 0 Å². The molecule has 9 nitrogen and oxygen atoms in total. The second-order valence-corrected chi connectivity index (χ2v) is 7.69. The fourth-order valence-corrected chi connectivity index (χ4v) is 3.51. The first-order valence-electron chi connectivity index (χ1n) is 9.91. The molecule has 1 aliphatic heterocycles. The lowest BCUT2D eigenvalue weighted by molar-refractivity contribution is 0.0355. The molecule has 0 bridgehead atoms. The highest BCUT2D eigenvalue weighted by atomic mass is 16.5. The Morgan fingerprint density at radius 3 is 2.68 bits per heavy atom. The Morgan fingerprint density at radius 1 is 1.06 bits per heavy atom. The van der Waals surface area contributed by atoms with Gasteiger partial charge in [-0.2, -0.15) is 5.10 Å². The molecule has 31 heavy (non-hydrogen) atoms. The lowest BCUT2D eigenvalue weighted by Crippen LogP contribution is -2.51. The average molecular weight is 415 g/mol. The summed E-state index contributed by atoms with van der Waals surface area (Å²) >= 11 is 0. The molecule has 5 rings (SSSR count). The van der Waals surface area contributed by atoms with Gasteiger partial charge in [0.15, 0.2) is 0 Å². The van der Waals surface area contributed by atoms with Crippen LogP contribution >= 0.6 is 0 Å². The van der Waals surface area contributed by atoms with Crippen molar-refractivity contribution in [2.45, 2.75) is 6.10 Å². The van der Waals surface area contributed by atoms with Crippen LogP contribution in [0.25, 0.3) is 22.0 Å². The molecular weight excluding hydrogens is 394 g/mol. The minimum atomic E-state index is -0.272. The lowest BCUT2D eigenvalue weighted by atomic mass is 10.1. The van der Waals surface area contributed by atoms with Crippen LogP contribution in [0.4, 0.5) is 5.82 Å². The predicted octanol–water partition coefficient (Wildman–Crippen LogP) is 2.37. The second kappa shape index (κ2) is 7.77. The zero-order valence-corrected chi connectivity index (χ0v) is 17.2. The number of carbonyl (C=O) groups is 1. The van der Waals surface area contributed by atoms with Gasteiger partial charge >= 0.3 is 0 Å². The molecule has 0 aliphatic carbocycles. The Labute approximate surface area is 178 Å².